The van der Waals surface area contributed by atoms with E-state index in [2.05, 4.69) is 15.5 Å². The predicted molar refractivity (Wildman–Crippen MR) is 125 cm³/mol. The number of carbonyl (C=O) groups excluding carboxylic acids is 2. The zero-order chi connectivity index (χ0) is 23.0. The number of ether oxygens (including phenoxy) is 2. The van der Waals surface area contributed by atoms with Gasteiger partial charge in [-0.3, -0.25) is 14.5 Å². The van der Waals surface area contributed by atoms with Gasteiger partial charge in [-0.15, -0.1) is 0 Å². The monoisotopic (exact) mass is 439 g/mol. The van der Waals surface area contributed by atoms with Gasteiger partial charge in [-0.05, 0) is 35.9 Å². The summed E-state index contributed by atoms with van der Waals surface area (Å²) < 4.78 is 11.2. The van der Waals surface area contributed by atoms with Crippen molar-refractivity contribution in [3.63, 3.8) is 0 Å². The normalized spacial score (nSPS) is 14.6. The van der Waals surface area contributed by atoms with E-state index in [0.29, 0.717) is 24.4 Å². The topological polar surface area (TPSA) is 79.9 Å². The quantitative estimate of drug-likeness (QED) is 0.660. The molecular weight excluding hydrogens is 406 g/mol. The summed E-state index contributed by atoms with van der Waals surface area (Å²) in [6, 6.07) is 14.7. The molecule has 0 atom stereocenters. The van der Waals surface area contributed by atoms with Crippen LogP contribution in [-0.2, 0) is 16.1 Å². The highest BCUT2D eigenvalue weighted by Crippen LogP contribution is 2.18. The number of hydrogen-bond acceptors (Lipinski definition) is 5. The third-order valence-corrected chi connectivity index (χ3v) is 5.20. The second-order valence-corrected chi connectivity index (χ2v) is 8.92. The number of morpholine rings is 1. The molecule has 1 fully saturated rings. The summed E-state index contributed by atoms with van der Waals surface area (Å²) in [4.78, 5) is 27.1. The number of benzene rings is 2. The van der Waals surface area contributed by atoms with Gasteiger partial charge in [0.25, 0.3) is 5.91 Å². The highest BCUT2D eigenvalue weighted by Gasteiger charge is 2.21. The lowest BCUT2D eigenvalue weighted by atomic mass is 9.95. The number of rotatable bonds is 8. The zero-order valence-corrected chi connectivity index (χ0v) is 19.1. The minimum absolute atomic E-state index is 0.0968. The Morgan fingerprint density at radius 2 is 1.81 bits per heavy atom. The van der Waals surface area contributed by atoms with Crippen LogP contribution in [0.2, 0.25) is 0 Å². The van der Waals surface area contributed by atoms with E-state index in [1.54, 1.807) is 24.3 Å². The van der Waals surface area contributed by atoms with Gasteiger partial charge in [-0.2, -0.15) is 0 Å². The molecule has 1 saturated heterocycles. The second kappa shape index (κ2) is 11.1. The highest BCUT2D eigenvalue weighted by molar-refractivity contribution is 5.98. The molecule has 2 aromatic carbocycles. The van der Waals surface area contributed by atoms with E-state index < -0.39 is 5.41 Å². The lowest BCUT2D eigenvalue weighted by Crippen LogP contribution is -2.38. The molecule has 0 unspecified atom stereocenters. The predicted octanol–water partition coefficient (Wildman–Crippen LogP) is 3.31. The van der Waals surface area contributed by atoms with E-state index in [9.17, 15) is 9.59 Å². The van der Waals surface area contributed by atoms with Crippen LogP contribution in [0.4, 0.5) is 5.69 Å². The van der Waals surface area contributed by atoms with Gasteiger partial charge in [0.1, 0.15) is 12.4 Å². The molecule has 0 bridgehead atoms. The third-order valence-electron chi connectivity index (χ3n) is 5.20. The van der Waals surface area contributed by atoms with Crippen molar-refractivity contribution >= 4 is 17.5 Å². The molecule has 1 heterocycles. The summed E-state index contributed by atoms with van der Waals surface area (Å²) in [5.41, 5.74) is 1.55. The van der Waals surface area contributed by atoms with E-state index >= 15 is 0 Å². The molecule has 0 spiro atoms. The molecule has 0 aromatic heterocycles. The molecule has 7 nitrogen and oxygen atoms in total. The van der Waals surface area contributed by atoms with Crippen LogP contribution in [0.3, 0.4) is 0 Å². The molecule has 172 valence electrons. The number of carbonyl (C=O) groups is 2. The SMILES string of the molecule is CC(C)(C)C(=O)Nc1cccc(C(=O)NCc2cccc(OCCN3CCOCC3)c2)c1. The van der Waals surface area contributed by atoms with Crippen molar-refractivity contribution in [2.75, 3.05) is 44.8 Å². The van der Waals surface area contributed by atoms with Crippen molar-refractivity contribution in [2.45, 2.75) is 27.3 Å². The van der Waals surface area contributed by atoms with Crippen LogP contribution in [0.25, 0.3) is 0 Å². The number of nitrogens with one attached hydrogen (secondary N) is 2. The van der Waals surface area contributed by atoms with Gasteiger partial charge in [0.15, 0.2) is 0 Å². The van der Waals surface area contributed by atoms with E-state index in [0.717, 1.165) is 44.2 Å². The smallest absolute Gasteiger partial charge is 0.251 e. The third kappa shape index (κ3) is 7.35. The minimum Gasteiger partial charge on any atom is -0.492 e. The molecule has 2 N–H and O–H groups in total. The highest BCUT2D eigenvalue weighted by atomic mass is 16.5. The minimum atomic E-state index is -0.506. The molecule has 0 saturated carbocycles. The molecule has 7 heteroatoms. The first kappa shape index (κ1) is 23.8. The first-order chi connectivity index (χ1) is 15.3. The van der Waals surface area contributed by atoms with Crippen molar-refractivity contribution in [1.82, 2.24) is 10.2 Å². The van der Waals surface area contributed by atoms with E-state index in [-0.39, 0.29) is 11.8 Å². The summed E-state index contributed by atoms with van der Waals surface area (Å²) >= 11 is 0. The average molecular weight is 440 g/mol. The van der Waals surface area contributed by atoms with Gasteiger partial charge < -0.3 is 20.1 Å². The van der Waals surface area contributed by atoms with Crippen LogP contribution in [0, 0.1) is 5.41 Å². The van der Waals surface area contributed by atoms with Crippen molar-refractivity contribution in [3.8, 4) is 5.75 Å². The Morgan fingerprint density at radius 3 is 2.56 bits per heavy atom. The standard InChI is InChI=1S/C25H33N3O4/c1-25(2,3)24(30)27-21-8-5-7-20(17-21)23(29)26-18-19-6-4-9-22(16-19)32-15-12-28-10-13-31-14-11-28/h4-9,16-17H,10-15,18H2,1-3H3,(H,26,29)(H,27,30). The van der Waals surface area contributed by atoms with Crippen LogP contribution in [0.15, 0.2) is 48.5 Å². The number of amides is 2. The van der Waals surface area contributed by atoms with Crippen LogP contribution >= 0.6 is 0 Å². The van der Waals surface area contributed by atoms with Crippen LogP contribution in [-0.4, -0.2) is 56.2 Å². The van der Waals surface area contributed by atoms with Crippen LogP contribution in [0.1, 0.15) is 36.7 Å². The molecule has 1 aliphatic rings. The first-order valence-electron chi connectivity index (χ1n) is 11.0. The maximum atomic E-state index is 12.6. The van der Waals surface area contributed by atoms with Gasteiger partial charge in [0.2, 0.25) is 5.91 Å². The average Bonchev–Trinajstić information content (AvgIpc) is 2.78. The largest absolute Gasteiger partial charge is 0.492 e. The molecule has 0 aliphatic carbocycles. The number of nitrogens with zero attached hydrogens (tertiary/aromatic N) is 1. The van der Waals surface area contributed by atoms with Crippen LogP contribution in [0.5, 0.6) is 5.75 Å². The van der Waals surface area contributed by atoms with Gasteiger partial charge in [0.05, 0.1) is 13.2 Å². The maximum absolute atomic E-state index is 12.6. The Labute approximate surface area is 190 Å². The second-order valence-electron chi connectivity index (χ2n) is 8.92. The molecule has 2 aromatic rings. The Hall–Kier alpha value is -2.90. The summed E-state index contributed by atoms with van der Waals surface area (Å²) in [5, 5.41) is 5.79. The lowest BCUT2D eigenvalue weighted by Gasteiger charge is -2.26. The first-order valence-corrected chi connectivity index (χ1v) is 11.0. The number of anilines is 1. The van der Waals surface area contributed by atoms with Crippen LogP contribution < -0.4 is 15.4 Å². The zero-order valence-electron chi connectivity index (χ0n) is 19.1. The van der Waals surface area contributed by atoms with E-state index in [1.807, 2.05) is 45.0 Å². The fraction of sp³-hybridized carbons (Fsp3) is 0.440. The maximum Gasteiger partial charge on any atom is 0.251 e. The summed E-state index contributed by atoms with van der Waals surface area (Å²) in [6.07, 6.45) is 0. The lowest BCUT2D eigenvalue weighted by molar-refractivity contribution is -0.123. The van der Waals surface area contributed by atoms with E-state index in [1.165, 1.54) is 0 Å². The van der Waals surface area contributed by atoms with Crippen molar-refractivity contribution < 1.29 is 19.1 Å². The Balaban J connectivity index is 1.49. The molecule has 0 radical (unpaired) electrons. The van der Waals surface area contributed by atoms with Gasteiger partial charge in [-0.1, -0.05) is 39.0 Å². The van der Waals surface area contributed by atoms with Crippen molar-refractivity contribution in [3.05, 3.63) is 59.7 Å². The van der Waals surface area contributed by atoms with Gasteiger partial charge >= 0.3 is 0 Å². The van der Waals surface area contributed by atoms with Gasteiger partial charge in [0, 0.05) is 42.8 Å². The van der Waals surface area contributed by atoms with Crippen molar-refractivity contribution in [1.29, 1.82) is 0 Å². The Kier molecular flexibility index (Phi) is 8.25. The molecule has 3 rings (SSSR count). The molecule has 2 amide bonds. The summed E-state index contributed by atoms with van der Waals surface area (Å²) in [5.74, 6) is 0.493. The fourth-order valence-electron chi connectivity index (χ4n) is 3.20. The number of hydrogen-bond donors (Lipinski definition) is 2. The summed E-state index contributed by atoms with van der Waals surface area (Å²) in [7, 11) is 0. The molecule has 32 heavy (non-hydrogen) atoms. The summed E-state index contributed by atoms with van der Waals surface area (Å²) in [6.45, 7) is 10.8. The van der Waals surface area contributed by atoms with Gasteiger partial charge in [-0.25, -0.2) is 0 Å². The Morgan fingerprint density at radius 1 is 1.06 bits per heavy atom. The molecular formula is C25H33N3O4. The fourth-order valence-corrected chi connectivity index (χ4v) is 3.20. The Bertz CT molecular complexity index is 917. The molecule has 1 aliphatic heterocycles. The van der Waals surface area contributed by atoms with E-state index in [4.69, 9.17) is 9.47 Å². The van der Waals surface area contributed by atoms with Crippen molar-refractivity contribution in [2.24, 2.45) is 5.41 Å².